The highest BCUT2D eigenvalue weighted by molar-refractivity contribution is 5.91. The molecule has 2 atom stereocenters. The maximum atomic E-state index is 12.8. The van der Waals surface area contributed by atoms with E-state index in [9.17, 15) is 22.8 Å². The molecular formula is C16H16F3N3O2. The van der Waals surface area contributed by atoms with Gasteiger partial charge in [0.05, 0.1) is 17.2 Å². The van der Waals surface area contributed by atoms with Gasteiger partial charge < -0.3 is 10.6 Å². The topological polar surface area (TPSA) is 82.0 Å². The van der Waals surface area contributed by atoms with Crippen molar-refractivity contribution >= 4 is 17.5 Å². The lowest BCUT2D eigenvalue weighted by Gasteiger charge is -2.12. The number of alkyl halides is 3. The van der Waals surface area contributed by atoms with E-state index in [4.69, 9.17) is 5.26 Å². The van der Waals surface area contributed by atoms with Crippen molar-refractivity contribution in [2.24, 2.45) is 11.8 Å². The van der Waals surface area contributed by atoms with Crippen LogP contribution in [0.25, 0.3) is 0 Å². The molecule has 8 heteroatoms. The van der Waals surface area contributed by atoms with Gasteiger partial charge in [-0.2, -0.15) is 18.4 Å². The van der Waals surface area contributed by atoms with Crippen LogP contribution in [0.5, 0.6) is 0 Å². The standard InChI is InChI=1S/C16H16F3N3O2/c1-9-6-12(9)15(24)21-5-4-14(23)22-11-3-2-10(8-20)13(7-11)16(17,18)19/h2-3,7,9,12H,4-6H2,1H3,(H,21,24)(H,22,23)/t9-,12+/m0/s1. The van der Waals surface area contributed by atoms with Crippen LogP contribution in [0.4, 0.5) is 18.9 Å². The fraction of sp³-hybridized carbons (Fsp3) is 0.438. The zero-order valence-corrected chi connectivity index (χ0v) is 12.9. The molecule has 0 aliphatic heterocycles. The van der Waals surface area contributed by atoms with Gasteiger partial charge in [-0.15, -0.1) is 0 Å². The van der Waals surface area contributed by atoms with E-state index in [-0.39, 0.29) is 30.5 Å². The number of hydrogen-bond donors (Lipinski definition) is 2. The second kappa shape index (κ2) is 6.91. The van der Waals surface area contributed by atoms with Crippen LogP contribution in [-0.2, 0) is 15.8 Å². The molecule has 1 aromatic rings. The van der Waals surface area contributed by atoms with Crippen LogP contribution in [0.2, 0.25) is 0 Å². The Hall–Kier alpha value is -2.56. The molecule has 0 saturated heterocycles. The van der Waals surface area contributed by atoms with Crippen LogP contribution in [-0.4, -0.2) is 18.4 Å². The summed E-state index contributed by atoms with van der Waals surface area (Å²) < 4.78 is 38.5. The molecule has 24 heavy (non-hydrogen) atoms. The number of nitrogens with zero attached hydrogens (tertiary/aromatic N) is 1. The molecule has 1 aromatic carbocycles. The summed E-state index contributed by atoms with van der Waals surface area (Å²) in [6.07, 6.45) is -3.89. The van der Waals surface area contributed by atoms with E-state index in [1.807, 2.05) is 6.92 Å². The predicted octanol–water partition coefficient (Wildman–Crippen LogP) is 2.68. The fourth-order valence-electron chi connectivity index (χ4n) is 2.30. The van der Waals surface area contributed by atoms with Crippen LogP contribution in [0, 0.1) is 23.2 Å². The SMILES string of the molecule is C[C@H]1C[C@H]1C(=O)NCCC(=O)Nc1ccc(C#N)c(C(F)(F)F)c1. The first kappa shape index (κ1) is 17.8. The lowest BCUT2D eigenvalue weighted by Crippen LogP contribution is -2.29. The average Bonchev–Trinajstić information content (AvgIpc) is 3.23. The summed E-state index contributed by atoms with van der Waals surface area (Å²) in [4.78, 5) is 23.3. The molecule has 0 heterocycles. The second-order valence-electron chi connectivity index (χ2n) is 5.78. The Morgan fingerprint density at radius 2 is 2.04 bits per heavy atom. The minimum Gasteiger partial charge on any atom is -0.355 e. The summed E-state index contributed by atoms with van der Waals surface area (Å²) in [7, 11) is 0. The van der Waals surface area contributed by atoms with E-state index in [0.29, 0.717) is 5.92 Å². The van der Waals surface area contributed by atoms with Crippen molar-refractivity contribution in [1.82, 2.24) is 5.32 Å². The highest BCUT2D eigenvalue weighted by Gasteiger charge is 2.38. The van der Waals surface area contributed by atoms with Gasteiger partial charge in [0, 0.05) is 24.6 Å². The van der Waals surface area contributed by atoms with E-state index in [2.05, 4.69) is 10.6 Å². The molecule has 2 N–H and O–H groups in total. The van der Waals surface area contributed by atoms with Crippen molar-refractivity contribution in [3.63, 3.8) is 0 Å². The Kier molecular flexibility index (Phi) is 5.12. The van der Waals surface area contributed by atoms with Gasteiger partial charge in [0.2, 0.25) is 11.8 Å². The van der Waals surface area contributed by atoms with Gasteiger partial charge in [0.25, 0.3) is 0 Å². The molecule has 5 nitrogen and oxygen atoms in total. The fourth-order valence-corrected chi connectivity index (χ4v) is 2.30. The van der Waals surface area contributed by atoms with Crippen molar-refractivity contribution in [2.45, 2.75) is 25.9 Å². The Balaban J connectivity index is 1.89. The van der Waals surface area contributed by atoms with Gasteiger partial charge in [-0.1, -0.05) is 6.92 Å². The molecule has 128 valence electrons. The number of benzene rings is 1. The summed E-state index contributed by atoms with van der Waals surface area (Å²) in [6.45, 7) is 2.08. The molecule has 0 unspecified atom stereocenters. The third-order valence-electron chi connectivity index (χ3n) is 3.83. The smallest absolute Gasteiger partial charge is 0.355 e. The summed E-state index contributed by atoms with van der Waals surface area (Å²) in [5, 5.41) is 13.7. The summed E-state index contributed by atoms with van der Waals surface area (Å²) in [5.74, 6) is -0.260. The van der Waals surface area contributed by atoms with E-state index in [1.165, 1.54) is 12.1 Å². The van der Waals surface area contributed by atoms with E-state index in [1.54, 1.807) is 0 Å². The van der Waals surface area contributed by atoms with Gasteiger partial charge >= 0.3 is 6.18 Å². The van der Waals surface area contributed by atoms with Gasteiger partial charge in [-0.3, -0.25) is 9.59 Å². The van der Waals surface area contributed by atoms with Crippen LogP contribution < -0.4 is 10.6 Å². The van der Waals surface area contributed by atoms with Crippen LogP contribution >= 0.6 is 0 Å². The zero-order chi connectivity index (χ0) is 17.9. The number of nitriles is 1. The third-order valence-corrected chi connectivity index (χ3v) is 3.83. The van der Waals surface area contributed by atoms with Crippen LogP contribution in [0.1, 0.15) is 30.9 Å². The van der Waals surface area contributed by atoms with E-state index >= 15 is 0 Å². The Morgan fingerprint density at radius 3 is 2.58 bits per heavy atom. The lowest BCUT2D eigenvalue weighted by atomic mass is 10.1. The van der Waals surface area contributed by atoms with Crippen molar-refractivity contribution in [1.29, 1.82) is 5.26 Å². The number of anilines is 1. The number of nitrogens with one attached hydrogen (secondary N) is 2. The number of halogens is 3. The van der Waals surface area contributed by atoms with Crippen LogP contribution in [0.3, 0.4) is 0 Å². The highest BCUT2D eigenvalue weighted by Crippen LogP contribution is 2.37. The Morgan fingerprint density at radius 1 is 1.38 bits per heavy atom. The number of amides is 2. The molecule has 1 fully saturated rings. The molecule has 2 rings (SSSR count). The molecule has 1 aliphatic carbocycles. The van der Waals surface area contributed by atoms with E-state index in [0.717, 1.165) is 18.6 Å². The highest BCUT2D eigenvalue weighted by atomic mass is 19.4. The molecule has 0 aromatic heterocycles. The average molecular weight is 339 g/mol. The summed E-state index contributed by atoms with van der Waals surface area (Å²) in [6, 6.07) is 4.43. The maximum Gasteiger partial charge on any atom is 0.417 e. The monoisotopic (exact) mass is 339 g/mol. The van der Waals surface area contributed by atoms with Crippen molar-refractivity contribution in [3.8, 4) is 6.07 Å². The number of hydrogen-bond acceptors (Lipinski definition) is 3. The summed E-state index contributed by atoms with van der Waals surface area (Å²) >= 11 is 0. The van der Waals surface area contributed by atoms with Crippen molar-refractivity contribution in [2.75, 3.05) is 11.9 Å². The molecule has 1 aliphatic rings. The first-order valence-electron chi connectivity index (χ1n) is 7.41. The lowest BCUT2D eigenvalue weighted by molar-refractivity contribution is -0.137. The second-order valence-corrected chi connectivity index (χ2v) is 5.78. The van der Waals surface area contributed by atoms with E-state index < -0.39 is 23.2 Å². The third kappa shape index (κ3) is 4.47. The molecular weight excluding hydrogens is 323 g/mol. The molecule has 1 saturated carbocycles. The minimum atomic E-state index is -4.68. The number of carbonyl (C=O) groups excluding carboxylic acids is 2. The quantitative estimate of drug-likeness (QED) is 0.865. The number of rotatable bonds is 5. The Labute approximate surface area is 136 Å². The molecule has 2 amide bonds. The van der Waals surface area contributed by atoms with Gasteiger partial charge in [-0.05, 0) is 30.5 Å². The minimum absolute atomic E-state index is 0.000862. The molecule has 0 bridgehead atoms. The van der Waals surface area contributed by atoms with Crippen molar-refractivity contribution < 1.29 is 22.8 Å². The number of carbonyl (C=O) groups is 2. The normalized spacial score (nSPS) is 19.3. The molecule has 0 spiro atoms. The summed E-state index contributed by atoms with van der Waals surface area (Å²) in [5.41, 5.74) is -1.65. The largest absolute Gasteiger partial charge is 0.417 e. The van der Waals surface area contributed by atoms with Gasteiger partial charge in [-0.25, -0.2) is 0 Å². The zero-order valence-electron chi connectivity index (χ0n) is 12.9. The first-order valence-corrected chi connectivity index (χ1v) is 7.41. The predicted molar refractivity (Wildman–Crippen MR) is 79.7 cm³/mol. The van der Waals surface area contributed by atoms with Crippen LogP contribution in [0.15, 0.2) is 18.2 Å². The molecule has 0 radical (unpaired) electrons. The van der Waals surface area contributed by atoms with Gasteiger partial charge in [0.15, 0.2) is 0 Å². The van der Waals surface area contributed by atoms with Gasteiger partial charge in [0.1, 0.15) is 0 Å². The first-order chi connectivity index (χ1) is 11.2. The Bertz CT molecular complexity index is 695. The van der Waals surface area contributed by atoms with Crippen molar-refractivity contribution in [3.05, 3.63) is 29.3 Å². The maximum absolute atomic E-state index is 12.8.